The predicted molar refractivity (Wildman–Crippen MR) is 68.7 cm³/mol. The Morgan fingerprint density at radius 3 is 2.69 bits per heavy atom. The van der Waals surface area contributed by atoms with Crippen LogP contribution in [0.1, 0.15) is 18.9 Å². The molecule has 1 unspecified atom stereocenters. The molecule has 16 heavy (non-hydrogen) atoms. The van der Waals surface area contributed by atoms with Crippen molar-refractivity contribution in [1.82, 2.24) is 0 Å². The topological polar surface area (TPSA) is 26.3 Å². The highest BCUT2D eigenvalue weighted by Gasteiger charge is 2.11. The zero-order chi connectivity index (χ0) is 11.8. The summed E-state index contributed by atoms with van der Waals surface area (Å²) in [5, 5.41) is -0.0586. The minimum Gasteiger partial charge on any atom is -0.465 e. The smallest absolute Gasteiger partial charge is 0.318 e. The minimum atomic E-state index is -0.111. The lowest BCUT2D eigenvalue weighted by Gasteiger charge is -2.08. The fraction of sp³-hybridized carbons (Fsp3) is 0.462. The third-order valence-corrected chi connectivity index (χ3v) is 3.28. The molecule has 0 N–H and O–H groups in total. The summed E-state index contributed by atoms with van der Waals surface area (Å²) in [7, 11) is 0. The van der Waals surface area contributed by atoms with Gasteiger partial charge in [0.1, 0.15) is 0 Å². The first-order chi connectivity index (χ1) is 7.74. The van der Waals surface area contributed by atoms with Gasteiger partial charge < -0.3 is 4.74 Å². The van der Waals surface area contributed by atoms with Crippen molar-refractivity contribution in [1.29, 1.82) is 0 Å². The lowest BCUT2D eigenvalue weighted by atomic mass is 10.1. The summed E-state index contributed by atoms with van der Waals surface area (Å²) in [6.45, 7) is 2.38. The highest BCUT2D eigenvalue weighted by Crippen LogP contribution is 2.08. The zero-order valence-electron chi connectivity index (χ0n) is 9.81. The van der Waals surface area contributed by atoms with Crippen molar-refractivity contribution in [3.63, 3.8) is 0 Å². The average Bonchev–Trinajstić information content (AvgIpc) is 2.34. The van der Waals surface area contributed by atoms with Crippen molar-refractivity contribution in [2.24, 2.45) is 0 Å². The molecule has 0 aliphatic heterocycles. The summed E-state index contributed by atoms with van der Waals surface area (Å²) >= 11 is 1.51. The van der Waals surface area contributed by atoms with Crippen LogP contribution in [0.5, 0.6) is 0 Å². The summed E-state index contributed by atoms with van der Waals surface area (Å²) in [4.78, 5) is 11.3. The molecule has 3 heteroatoms. The SMILES string of the molecule is CSC(C)C(=O)OCCCc1ccccc1. The Kier molecular flexibility index (Phi) is 6.01. The maximum Gasteiger partial charge on any atom is 0.318 e. The molecule has 2 nitrogen and oxygen atoms in total. The monoisotopic (exact) mass is 238 g/mol. The average molecular weight is 238 g/mol. The van der Waals surface area contributed by atoms with E-state index in [9.17, 15) is 4.79 Å². The first-order valence-electron chi connectivity index (χ1n) is 5.47. The van der Waals surface area contributed by atoms with Crippen molar-refractivity contribution in [2.75, 3.05) is 12.9 Å². The van der Waals surface area contributed by atoms with Crippen molar-refractivity contribution in [2.45, 2.75) is 25.0 Å². The van der Waals surface area contributed by atoms with E-state index in [1.54, 1.807) is 0 Å². The van der Waals surface area contributed by atoms with Gasteiger partial charge in [-0.2, -0.15) is 11.8 Å². The normalized spacial score (nSPS) is 12.1. The van der Waals surface area contributed by atoms with Gasteiger partial charge in [-0.25, -0.2) is 0 Å². The van der Waals surface area contributed by atoms with Crippen molar-refractivity contribution in [3.8, 4) is 0 Å². The van der Waals surface area contributed by atoms with Crippen LogP contribution in [0, 0.1) is 0 Å². The molecule has 1 atom stereocenters. The van der Waals surface area contributed by atoms with E-state index in [1.807, 2.05) is 31.4 Å². The van der Waals surface area contributed by atoms with E-state index in [-0.39, 0.29) is 11.2 Å². The fourth-order valence-corrected chi connectivity index (χ4v) is 1.57. The van der Waals surface area contributed by atoms with Gasteiger partial charge in [-0.15, -0.1) is 0 Å². The third kappa shape index (κ3) is 4.71. The van der Waals surface area contributed by atoms with Gasteiger partial charge >= 0.3 is 5.97 Å². The van der Waals surface area contributed by atoms with E-state index >= 15 is 0 Å². The molecule has 0 aromatic heterocycles. The number of esters is 1. The molecule has 0 saturated carbocycles. The van der Waals surface area contributed by atoms with Crippen LogP contribution < -0.4 is 0 Å². The van der Waals surface area contributed by atoms with Crippen molar-refractivity contribution < 1.29 is 9.53 Å². The summed E-state index contributed by atoms with van der Waals surface area (Å²) in [6, 6.07) is 10.2. The molecule has 0 amide bonds. The second-order valence-electron chi connectivity index (χ2n) is 3.63. The summed E-state index contributed by atoms with van der Waals surface area (Å²) in [5.74, 6) is -0.111. The van der Waals surface area contributed by atoms with E-state index in [2.05, 4.69) is 12.1 Å². The Morgan fingerprint density at radius 2 is 2.06 bits per heavy atom. The minimum absolute atomic E-state index is 0.0586. The maximum absolute atomic E-state index is 11.3. The molecule has 1 aromatic rings. The number of carbonyl (C=O) groups excluding carboxylic acids is 1. The quantitative estimate of drug-likeness (QED) is 0.563. The third-order valence-electron chi connectivity index (χ3n) is 2.38. The van der Waals surface area contributed by atoms with Gasteiger partial charge in [0.25, 0.3) is 0 Å². The first kappa shape index (κ1) is 13.1. The number of rotatable bonds is 6. The van der Waals surface area contributed by atoms with E-state index in [0.29, 0.717) is 6.61 Å². The molecule has 0 aliphatic carbocycles. The Balaban J connectivity index is 2.15. The molecule has 0 aliphatic rings. The fourth-order valence-electron chi connectivity index (χ4n) is 1.31. The zero-order valence-corrected chi connectivity index (χ0v) is 10.6. The second-order valence-corrected chi connectivity index (χ2v) is 4.81. The van der Waals surface area contributed by atoms with Gasteiger partial charge in [0.05, 0.1) is 11.9 Å². The molecule has 0 heterocycles. The van der Waals surface area contributed by atoms with Crippen LogP contribution in [0.4, 0.5) is 0 Å². The van der Waals surface area contributed by atoms with E-state index in [1.165, 1.54) is 17.3 Å². The van der Waals surface area contributed by atoms with E-state index < -0.39 is 0 Å². The number of ether oxygens (including phenoxy) is 1. The summed E-state index contributed by atoms with van der Waals surface area (Å²) < 4.78 is 5.16. The Labute approximate surface area is 101 Å². The van der Waals surface area contributed by atoms with Crippen LogP contribution in [-0.4, -0.2) is 24.1 Å². The van der Waals surface area contributed by atoms with E-state index in [0.717, 1.165) is 12.8 Å². The highest BCUT2D eigenvalue weighted by atomic mass is 32.2. The van der Waals surface area contributed by atoms with Crippen LogP contribution in [0.15, 0.2) is 30.3 Å². The predicted octanol–water partition coefficient (Wildman–Crippen LogP) is 2.91. The maximum atomic E-state index is 11.3. The molecular formula is C13H18O2S. The molecule has 0 radical (unpaired) electrons. The number of hydrogen-bond donors (Lipinski definition) is 0. The number of carbonyl (C=O) groups is 1. The molecular weight excluding hydrogens is 220 g/mol. The Morgan fingerprint density at radius 1 is 1.38 bits per heavy atom. The standard InChI is InChI=1S/C13H18O2S/c1-11(16-2)13(14)15-10-6-9-12-7-4-3-5-8-12/h3-5,7-8,11H,6,9-10H2,1-2H3. The molecule has 1 rings (SSSR count). The van der Waals surface area contributed by atoms with Gasteiger partial charge in [-0.3, -0.25) is 4.79 Å². The lowest BCUT2D eigenvalue weighted by Crippen LogP contribution is -2.17. The molecule has 0 saturated heterocycles. The molecule has 1 aromatic carbocycles. The van der Waals surface area contributed by atoms with Crippen LogP contribution >= 0.6 is 11.8 Å². The Hall–Kier alpha value is -0.960. The van der Waals surface area contributed by atoms with Crippen molar-refractivity contribution >= 4 is 17.7 Å². The number of hydrogen-bond acceptors (Lipinski definition) is 3. The molecule has 0 spiro atoms. The van der Waals surface area contributed by atoms with Crippen LogP contribution in [0.3, 0.4) is 0 Å². The van der Waals surface area contributed by atoms with Gasteiger partial charge in [0.15, 0.2) is 0 Å². The van der Waals surface area contributed by atoms with Gasteiger partial charge in [0.2, 0.25) is 0 Å². The number of benzene rings is 1. The van der Waals surface area contributed by atoms with Crippen LogP contribution in [-0.2, 0) is 16.0 Å². The molecule has 0 bridgehead atoms. The van der Waals surface area contributed by atoms with Gasteiger partial charge in [0, 0.05) is 0 Å². The van der Waals surface area contributed by atoms with Gasteiger partial charge in [-0.1, -0.05) is 30.3 Å². The van der Waals surface area contributed by atoms with Crippen LogP contribution in [0.25, 0.3) is 0 Å². The largest absolute Gasteiger partial charge is 0.465 e. The second kappa shape index (κ2) is 7.34. The first-order valence-corrected chi connectivity index (χ1v) is 6.76. The summed E-state index contributed by atoms with van der Waals surface area (Å²) in [6.07, 6.45) is 3.76. The number of aryl methyl sites for hydroxylation is 1. The molecule has 88 valence electrons. The van der Waals surface area contributed by atoms with Crippen LogP contribution in [0.2, 0.25) is 0 Å². The lowest BCUT2D eigenvalue weighted by molar-refractivity contribution is -0.142. The van der Waals surface area contributed by atoms with E-state index in [4.69, 9.17) is 4.74 Å². The van der Waals surface area contributed by atoms with Gasteiger partial charge in [-0.05, 0) is 31.6 Å². The molecule has 0 fully saturated rings. The van der Waals surface area contributed by atoms with Crippen molar-refractivity contribution in [3.05, 3.63) is 35.9 Å². The summed E-state index contributed by atoms with van der Waals surface area (Å²) in [5.41, 5.74) is 1.29. The Bertz CT molecular complexity index is 311. The number of thioether (sulfide) groups is 1. The highest BCUT2D eigenvalue weighted by molar-refractivity contribution is 7.99.